The van der Waals surface area contributed by atoms with Crippen molar-refractivity contribution < 1.29 is 9.90 Å². The van der Waals surface area contributed by atoms with Crippen LogP contribution in [0, 0.1) is 0 Å². The third kappa shape index (κ3) is 6.76. The molecule has 0 aliphatic heterocycles. The van der Waals surface area contributed by atoms with Crippen LogP contribution in [0.2, 0.25) is 0 Å². The predicted octanol–water partition coefficient (Wildman–Crippen LogP) is 0.167. The average Bonchev–Trinajstić information content (AvgIpc) is 2.16. The summed E-state index contributed by atoms with van der Waals surface area (Å²) in [7, 11) is 3.88. The predicted molar refractivity (Wildman–Crippen MR) is 65.2 cm³/mol. The van der Waals surface area contributed by atoms with Crippen molar-refractivity contribution >= 4 is 17.7 Å². The van der Waals surface area contributed by atoms with E-state index in [-0.39, 0.29) is 23.8 Å². The van der Waals surface area contributed by atoms with Crippen LogP contribution in [-0.2, 0) is 4.79 Å². The Morgan fingerprint density at radius 1 is 1.53 bits per heavy atom. The van der Waals surface area contributed by atoms with E-state index in [0.29, 0.717) is 6.42 Å². The van der Waals surface area contributed by atoms with Crippen LogP contribution in [0.15, 0.2) is 0 Å². The van der Waals surface area contributed by atoms with Crippen molar-refractivity contribution in [3.63, 3.8) is 0 Å². The van der Waals surface area contributed by atoms with E-state index >= 15 is 0 Å². The number of rotatable bonds is 7. The number of amides is 1. The minimum absolute atomic E-state index is 0.0136. The van der Waals surface area contributed by atoms with Gasteiger partial charge in [0.2, 0.25) is 5.91 Å². The molecule has 0 saturated carbocycles. The highest BCUT2D eigenvalue weighted by atomic mass is 32.2. The van der Waals surface area contributed by atoms with E-state index in [2.05, 4.69) is 5.32 Å². The molecule has 0 rings (SSSR count). The van der Waals surface area contributed by atoms with Gasteiger partial charge >= 0.3 is 0 Å². The zero-order valence-electron chi connectivity index (χ0n) is 9.99. The topological polar surface area (TPSA) is 52.6 Å². The summed E-state index contributed by atoms with van der Waals surface area (Å²) < 4.78 is 0. The lowest BCUT2D eigenvalue weighted by Crippen LogP contribution is -2.41. The van der Waals surface area contributed by atoms with Crippen LogP contribution < -0.4 is 5.32 Å². The molecule has 15 heavy (non-hydrogen) atoms. The van der Waals surface area contributed by atoms with Crippen molar-refractivity contribution in [2.75, 3.05) is 33.5 Å². The maximum atomic E-state index is 11.5. The highest BCUT2D eigenvalue weighted by Gasteiger charge is 2.16. The Balaban J connectivity index is 3.84. The second kappa shape index (κ2) is 7.96. The lowest BCUT2D eigenvalue weighted by molar-refractivity contribution is -0.121. The molecular weight excluding hydrogens is 212 g/mol. The number of hydrogen-bond donors (Lipinski definition) is 2. The van der Waals surface area contributed by atoms with Crippen LogP contribution in [0.4, 0.5) is 0 Å². The lowest BCUT2D eigenvalue weighted by Gasteiger charge is -2.21. The first-order chi connectivity index (χ1) is 7.01. The van der Waals surface area contributed by atoms with Crippen LogP contribution in [0.1, 0.15) is 13.3 Å². The zero-order chi connectivity index (χ0) is 11.8. The van der Waals surface area contributed by atoms with Crippen molar-refractivity contribution in [3.05, 3.63) is 0 Å². The Morgan fingerprint density at radius 2 is 2.13 bits per heavy atom. The number of thioether (sulfide) groups is 1. The number of nitrogens with one attached hydrogen (secondary N) is 1. The lowest BCUT2D eigenvalue weighted by atomic mass is 10.2. The van der Waals surface area contributed by atoms with Crippen LogP contribution >= 0.6 is 11.8 Å². The van der Waals surface area contributed by atoms with Gasteiger partial charge in [-0.05, 0) is 27.3 Å². The highest BCUT2D eigenvalue weighted by molar-refractivity contribution is 7.99. The van der Waals surface area contributed by atoms with Crippen molar-refractivity contribution in [1.29, 1.82) is 0 Å². The molecule has 0 aliphatic rings. The Morgan fingerprint density at radius 3 is 2.53 bits per heavy atom. The number of hydrogen-bond acceptors (Lipinski definition) is 4. The molecule has 0 aromatic rings. The molecule has 0 aromatic carbocycles. The van der Waals surface area contributed by atoms with E-state index in [4.69, 9.17) is 5.11 Å². The van der Waals surface area contributed by atoms with E-state index < -0.39 is 0 Å². The molecule has 0 spiro atoms. The minimum Gasteiger partial charge on any atom is -0.395 e. The third-order valence-electron chi connectivity index (χ3n) is 2.22. The van der Waals surface area contributed by atoms with Crippen molar-refractivity contribution in [2.45, 2.75) is 24.6 Å². The molecule has 0 radical (unpaired) electrons. The van der Waals surface area contributed by atoms with E-state index in [9.17, 15) is 4.79 Å². The molecule has 2 atom stereocenters. The van der Waals surface area contributed by atoms with Gasteiger partial charge in [-0.3, -0.25) is 4.79 Å². The molecule has 0 bridgehead atoms. The van der Waals surface area contributed by atoms with Crippen LogP contribution in [0.25, 0.3) is 0 Å². The first-order valence-electron chi connectivity index (χ1n) is 5.09. The Hall–Kier alpha value is -0.260. The maximum Gasteiger partial charge on any atom is 0.221 e. The van der Waals surface area contributed by atoms with E-state index in [1.54, 1.807) is 11.8 Å². The highest BCUT2D eigenvalue weighted by Crippen LogP contribution is 2.10. The molecular formula is C10H22N2O2S. The standard InChI is InChI=1S/C10H22N2O2S/c1-8(9(7-13)15-4)11-10(14)5-6-12(2)3/h8-9,13H,5-7H2,1-4H3,(H,11,14). The van der Waals surface area contributed by atoms with Crippen LogP contribution in [0.5, 0.6) is 0 Å². The fraction of sp³-hybridized carbons (Fsp3) is 0.900. The fourth-order valence-electron chi connectivity index (χ4n) is 1.18. The molecule has 0 heterocycles. The summed E-state index contributed by atoms with van der Waals surface area (Å²) in [6.45, 7) is 2.77. The van der Waals surface area contributed by atoms with Gasteiger partial charge in [0.25, 0.3) is 0 Å². The van der Waals surface area contributed by atoms with Gasteiger partial charge in [0, 0.05) is 24.3 Å². The molecule has 2 unspecified atom stereocenters. The molecule has 0 aromatic heterocycles. The third-order valence-corrected chi connectivity index (χ3v) is 3.38. The van der Waals surface area contributed by atoms with Crippen LogP contribution in [-0.4, -0.2) is 60.7 Å². The molecule has 4 nitrogen and oxygen atoms in total. The molecule has 2 N–H and O–H groups in total. The quantitative estimate of drug-likeness (QED) is 0.659. The molecule has 0 fully saturated rings. The van der Waals surface area contributed by atoms with Gasteiger partial charge in [-0.2, -0.15) is 11.8 Å². The van der Waals surface area contributed by atoms with E-state index in [1.807, 2.05) is 32.2 Å². The van der Waals surface area contributed by atoms with Crippen LogP contribution in [0.3, 0.4) is 0 Å². The van der Waals surface area contributed by atoms with Gasteiger partial charge in [0.15, 0.2) is 0 Å². The monoisotopic (exact) mass is 234 g/mol. The summed E-state index contributed by atoms with van der Waals surface area (Å²) in [6, 6.07) is 0.0136. The maximum absolute atomic E-state index is 11.5. The van der Waals surface area contributed by atoms with Gasteiger partial charge in [0.05, 0.1) is 6.61 Å². The van der Waals surface area contributed by atoms with Gasteiger partial charge in [-0.1, -0.05) is 0 Å². The Kier molecular flexibility index (Phi) is 7.82. The number of carbonyl (C=O) groups is 1. The molecule has 90 valence electrons. The minimum atomic E-state index is 0.0136. The van der Waals surface area contributed by atoms with Crippen molar-refractivity contribution in [2.24, 2.45) is 0 Å². The Bertz CT molecular complexity index is 184. The zero-order valence-corrected chi connectivity index (χ0v) is 10.8. The largest absolute Gasteiger partial charge is 0.395 e. The first-order valence-corrected chi connectivity index (χ1v) is 6.37. The van der Waals surface area contributed by atoms with E-state index in [1.165, 1.54) is 0 Å². The second-order valence-corrected chi connectivity index (χ2v) is 4.94. The Labute approximate surface area is 96.4 Å². The summed E-state index contributed by atoms with van der Waals surface area (Å²) in [6.07, 6.45) is 2.44. The summed E-state index contributed by atoms with van der Waals surface area (Å²) in [5.74, 6) is 0.0451. The van der Waals surface area contributed by atoms with Crippen molar-refractivity contribution in [3.8, 4) is 0 Å². The number of aliphatic hydroxyl groups excluding tert-OH is 1. The SMILES string of the molecule is CSC(CO)C(C)NC(=O)CCN(C)C. The molecule has 5 heteroatoms. The summed E-state index contributed by atoms with van der Waals surface area (Å²) in [4.78, 5) is 13.4. The van der Waals surface area contributed by atoms with E-state index in [0.717, 1.165) is 6.54 Å². The number of aliphatic hydroxyl groups is 1. The normalized spacial score (nSPS) is 15.1. The average molecular weight is 234 g/mol. The van der Waals surface area contributed by atoms with Crippen molar-refractivity contribution in [1.82, 2.24) is 10.2 Å². The smallest absolute Gasteiger partial charge is 0.221 e. The number of nitrogens with zero attached hydrogens (tertiary/aromatic N) is 1. The summed E-state index contributed by atoms with van der Waals surface area (Å²) in [5.41, 5.74) is 0. The van der Waals surface area contributed by atoms with Gasteiger partial charge in [-0.15, -0.1) is 0 Å². The number of carbonyl (C=O) groups excluding carboxylic acids is 1. The summed E-state index contributed by atoms with van der Waals surface area (Å²) >= 11 is 1.57. The molecule has 0 saturated heterocycles. The van der Waals surface area contributed by atoms with Gasteiger partial charge in [0.1, 0.15) is 0 Å². The first kappa shape index (κ1) is 14.7. The molecule has 0 aliphatic carbocycles. The van der Waals surface area contributed by atoms with Gasteiger partial charge < -0.3 is 15.3 Å². The molecule has 1 amide bonds. The second-order valence-electron chi connectivity index (χ2n) is 3.87. The van der Waals surface area contributed by atoms with Gasteiger partial charge in [-0.25, -0.2) is 0 Å². The fourth-order valence-corrected chi connectivity index (χ4v) is 1.81. The summed E-state index contributed by atoms with van der Waals surface area (Å²) in [5, 5.41) is 12.0.